The summed E-state index contributed by atoms with van der Waals surface area (Å²) in [5, 5.41) is 21.6. The molecular weight excluding hydrogens is 286 g/mol. The van der Waals surface area contributed by atoms with E-state index in [1.807, 2.05) is 0 Å². The Hall–Kier alpha value is -2.24. The van der Waals surface area contributed by atoms with Crippen molar-refractivity contribution in [2.75, 3.05) is 5.32 Å². The van der Waals surface area contributed by atoms with Crippen molar-refractivity contribution in [3.8, 4) is 5.75 Å². The fraction of sp³-hybridized carbons (Fsp3) is 0.500. The fourth-order valence-corrected chi connectivity index (χ4v) is 2.21. The molecule has 0 radical (unpaired) electrons. The molecule has 1 saturated carbocycles. The number of carboxylic acids is 1. The number of phenols is 1. The van der Waals surface area contributed by atoms with Gasteiger partial charge in [0.1, 0.15) is 11.4 Å². The van der Waals surface area contributed by atoms with E-state index in [-0.39, 0.29) is 11.4 Å². The second kappa shape index (κ2) is 5.51. The van der Waals surface area contributed by atoms with E-state index in [9.17, 15) is 19.8 Å². The minimum atomic E-state index is -0.803. The van der Waals surface area contributed by atoms with E-state index in [0.29, 0.717) is 19.3 Å². The number of ether oxygens (including phenoxy) is 1. The number of benzene rings is 1. The van der Waals surface area contributed by atoms with Crippen LogP contribution in [-0.4, -0.2) is 27.9 Å². The predicted molar refractivity (Wildman–Crippen MR) is 81.0 cm³/mol. The Balaban J connectivity index is 2.04. The van der Waals surface area contributed by atoms with Crippen LogP contribution < -0.4 is 5.32 Å². The van der Waals surface area contributed by atoms with E-state index in [1.54, 1.807) is 32.9 Å². The van der Waals surface area contributed by atoms with Crippen LogP contribution in [0.3, 0.4) is 0 Å². The summed E-state index contributed by atoms with van der Waals surface area (Å²) in [4.78, 5) is 22.9. The molecule has 1 aliphatic rings. The number of aromatic hydroxyl groups is 1. The van der Waals surface area contributed by atoms with Crippen molar-refractivity contribution in [2.24, 2.45) is 5.41 Å². The lowest BCUT2D eigenvalue weighted by Gasteiger charge is -2.20. The summed E-state index contributed by atoms with van der Waals surface area (Å²) in [6, 6.07) is 4.73. The molecule has 1 aliphatic carbocycles. The Morgan fingerprint density at radius 1 is 1.32 bits per heavy atom. The molecule has 1 aromatic rings. The third-order valence-corrected chi connectivity index (χ3v) is 3.55. The molecule has 0 atom stereocenters. The van der Waals surface area contributed by atoms with Crippen LogP contribution in [0, 0.1) is 5.41 Å². The molecule has 6 heteroatoms. The van der Waals surface area contributed by atoms with Crippen LogP contribution in [0.15, 0.2) is 18.2 Å². The highest BCUT2D eigenvalue weighted by Crippen LogP contribution is 2.49. The van der Waals surface area contributed by atoms with Gasteiger partial charge < -0.3 is 14.9 Å². The molecule has 3 N–H and O–H groups in total. The number of phenolic OH excluding ortho intramolecular Hbond substituents is 1. The number of nitrogens with one attached hydrogen (secondary N) is 1. The van der Waals surface area contributed by atoms with Gasteiger partial charge in [0, 0.05) is 0 Å². The van der Waals surface area contributed by atoms with E-state index < -0.39 is 23.1 Å². The molecule has 0 saturated heterocycles. The predicted octanol–water partition coefficient (Wildman–Crippen LogP) is 3.15. The van der Waals surface area contributed by atoms with E-state index in [4.69, 9.17) is 4.74 Å². The van der Waals surface area contributed by atoms with Crippen molar-refractivity contribution in [3.05, 3.63) is 23.8 Å². The second-order valence-electron chi connectivity index (χ2n) is 6.74. The molecule has 0 spiro atoms. The first kappa shape index (κ1) is 16.1. The van der Waals surface area contributed by atoms with E-state index in [2.05, 4.69) is 5.32 Å². The lowest BCUT2D eigenvalue weighted by atomic mass is 9.96. The van der Waals surface area contributed by atoms with Gasteiger partial charge in [-0.25, -0.2) is 4.79 Å². The van der Waals surface area contributed by atoms with Crippen LogP contribution in [0.5, 0.6) is 5.75 Å². The first-order valence-corrected chi connectivity index (χ1v) is 7.17. The van der Waals surface area contributed by atoms with Gasteiger partial charge in [-0.05, 0) is 57.7 Å². The topological polar surface area (TPSA) is 95.9 Å². The molecule has 120 valence electrons. The Morgan fingerprint density at radius 3 is 2.41 bits per heavy atom. The minimum Gasteiger partial charge on any atom is -0.506 e. The van der Waals surface area contributed by atoms with Gasteiger partial charge in [-0.2, -0.15) is 0 Å². The summed E-state index contributed by atoms with van der Waals surface area (Å²) in [7, 11) is 0. The van der Waals surface area contributed by atoms with Crippen molar-refractivity contribution in [3.63, 3.8) is 0 Å². The zero-order chi connectivity index (χ0) is 16.5. The van der Waals surface area contributed by atoms with Gasteiger partial charge in [0.25, 0.3) is 0 Å². The summed E-state index contributed by atoms with van der Waals surface area (Å²) in [5.41, 5.74) is -0.350. The maximum absolute atomic E-state index is 11.7. The fourth-order valence-electron chi connectivity index (χ4n) is 2.21. The molecule has 1 aromatic carbocycles. The molecular formula is C16H21NO5. The smallest absolute Gasteiger partial charge is 0.412 e. The zero-order valence-electron chi connectivity index (χ0n) is 13.0. The Bertz CT molecular complexity index is 599. The number of carbonyl (C=O) groups excluding carboxylic acids is 1. The standard InChI is InChI=1S/C16H21NO5/c1-15(2,3)22-14(21)17-11-5-4-10(8-12(11)18)9-16(6-7-16)13(19)20/h4-5,8,18H,6-7,9H2,1-3H3,(H,17,21)(H,19,20). The second-order valence-corrected chi connectivity index (χ2v) is 6.74. The van der Waals surface area contributed by atoms with Crippen LogP contribution in [0.4, 0.5) is 10.5 Å². The summed E-state index contributed by atoms with van der Waals surface area (Å²) in [6.07, 6.45) is 1.03. The molecule has 0 heterocycles. The van der Waals surface area contributed by atoms with E-state index in [1.165, 1.54) is 6.07 Å². The van der Waals surface area contributed by atoms with Crippen LogP contribution in [0.25, 0.3) is 0 Å². The number of hydrogen-bond donors (Lipinski definition) is 3. The molecule has 0 unspecified atom stereocenters. The molecule has 6 nitrogen and oxygen atoms in total. The number of carbonyl (C=O) groups is 2. The van der Waals surface area contributed by atoms with Gasteiger partial charge in [-0.15, -0.1) is 0 Å². The van der Waals surface area contributed by atoms with Crippen molar-refractivity contribution in [2.45, 2.75) is 45.6 Å². The number of hydrogen-bond acceptors (Lipinski definition) is 4. The lowest BCUT2D eigenvalue weighted by molar-refractivity contribution is -0.143. The van der Waals surface area contributed by atoms with Gasteiger partial charge >= 0.3 is 12.1 Å². The quantitative estimate of drug-likeness (QED) is 0.743. The van der Waals surface area contributed by atoms with Gasteiger partial charge in [-0.1, -0.05) is 6.07 Å². The molecule has 1 fully saturated rings. The summed E-state index contributed by atoms with van der Waals surface area (Å²) in [6.45, 7) is 5.24. The number of aliphatic carboxylic acids is 1. The number of rotatable bonds is 4. The maximum atomic E-state index is 11.7. The van der Waals surface area contributed by atoms with Crippen molar-refractivity contribution < 1.29 is 24.5 Å². The van der Waals surface area contributed by atoms with Gasteiger partial charge in [0.15, 0.2) is 0 Å². The Morgan fingerprint density at radius 2 is 1.95 bits per heavy atom. The SMILES string of the molecule is CC(C)(C)OC(=O)Nc1ccc(CC2(C(=O)O)CC2)cc1O. The molecule has 0 aliphatic heterocycles. The molecule has 1 amide bonds. The summed E-state index contributed by atoms with van der Waals surface area (Å²) < 4.78 is 5.11. The van der Waals surface area contributed by atoms with E-state index in [0.717, 1.165) is 5.56 Å². The highest BCUT2D eigenvalue weighted by molar-refractivity contribution is 5.87. The Labute approximate surface area is 129 Å². The molecule has 2 rings (SSSR count). The minimum absolute atomic E-state index is 0.107. The first-order valence-electron chi connectivity index (χ1n) is 7.17. The average molecular weight is 307 g/mol. The van der Waals surface area contributed by atoms with Gasteiger partial charge in [-0.3, -0.25) is 10.1 Å². The first-order chi connectivity index (χ1) is 10.1. The van der Waals surface area contributed by atoms with Crippen LogP contribution in [-0.2, 0) is 16.0 Å². The third-order valence-electron chi connectivity index (χ3n) is 3.55. The average Bonchev–Trinajstić information content (AvgIpc) is 3.11. The van der Waals surface area contributed by atoms with Crippen molar-refractivity contribution in [1.29, 1.82) is 0 Å². The number of anilines is 1. The van der Waals surface area contributed by atoms with Crippen LogP contribution >= 0.6 is 0 Å². The van der Waals surface area contributed by atoms with Crippen LogP contribution in [0.1, 0.15) is 39.2 Å². The van der Waals surface area contributed by atoms with Crippen LogP contribution in [0.2, 0.25) is 0 Å². The highest BCUT2D eigenvalue weighted by atomic mass is 16.6. The summed E-state index contributed by atoms with van der Waals surface area (Å²) in [5.74, 6) is -0.910. The maximum Gasteiger partial charge on any atom is 0.412 e. The lowest BCUT2D eigenvalue weighted by Crippen LogP contribution is -2.27. The number of amides is 1. The number of carboxylic acid groups (broad SMARTS) is 1. The summed E-state index contributed by atoms with van der Waals surface area (Å²) >= 11 is 0. The largest absolute Gasteiger partial charge is 0.506 e. The van der Waals surface area contributed by atoms with Gasteiger partial charge in [0.2, 0.25) is 0 Å². The third kappa shape index (κ3) is 3.90. The van der Waals surface area contributed by atoms with Crippen molar-refractivity contribution >= 4 is 17.7 Å². The Kier molecular flexibility index (Phi) is 4.04. The van der Waals surface area contributed by atoms with Gasteiger partial charge in [0.05, 0.1) is 11.1 Å². The highest BCUT2D eigenvalue weighted by Gasteiger charge is 2.49. The zero-order valence-corrected chi connectivity index (χ0v) is 13.0. The monoisotopic (exact) mass is 307 g/mol. The van der Waals surface area contributed by atoms with E-state index >= 15 is 0 Å². The molecule has 22 heavy (non-hydrogen) atoms. The van der Waals surface area contributed by atoms with Crippen molar-refractivity contribution in [1.82, 2.24) is 0 Å². The molecule has 0 bridgehead atoms. The normalized spacial score (nSPS) is 16.0. The molecule has 0 aromatic heterocycles.